The second-order valence-corrected chi connectivity index (χ2v) is 4.66. The summed E-state index contributed by atoms with van der Waals surface area (Å²) in [6, 6.07) is 7.52. The van der Waals surface area contributed by atoms with Crippen LogP contribution in [0.25, 0.3) is 0 Å². The van der Waals surface area contributed by atoms with E-state index in [2.05, 4.69) is 0 Å². The summed E-state index contributed by atoms with van der Waals surface area (Å²) in [6.45, 7) is 7.75. The molecule has 0 unspecified atom stereocenters. The van der Waals surface area contributed by atoms with Crippen molar-refractivity contribution in [1.29, 1.82) is 0 Å². The summed E-state index contributed by atoms with van der Waals surface area (Å²) < 4.78 is 5.52. The Morgan fingerprint density at radius 3 is 2.63 bits per heavy atom. The molecule has 0 saturated heterocycles. The van der Waals surface area contributed by atoms with E-state index in [0.29, 0.717) is 31.0 Å². The van der Waals surface area contributed by atoms with Gasteiger partial charge in [-0.15, -0.1) is 0 Å². The molecule has 0 aliphatic carbocycles. The number of hydrogen-bond acceptors (Lipinski definition) is 3. The van der Waals surface area contributed by atoms with Crippen molar-refractivity contribution in [2.24, 2.45) is 5.73 Å². The molecule has 0 aliphatic heterocycles. The maximum Gasteiger partial charge on any atom is 0.257 e. The molecule has 1 rings (SSSR count). The highest BCUT2D eigenvalue weighted by Crippen LogP contribution is 2.21. The Kier molecular flexibility index (Phi) is 6.36. The van der Waals surface area contributed by atoms with Gasteiger partial charge >= 0.3 is 0 Å². The number of amides is 1. The SMILES string of the molecule is CCOc1ccccc1C(=O)N(CCCN)C(C)C. The number of nitrogens with zero attached hydrogens (tertiary/aromatic N) is 1. The van der Waals surface area contributed by atoms with Crippen LogP contribution in [0.1, 0.15) is 37.6 Å². The van der Waals surface area contributed by atoms with Crippen LogP contribution in [-0.4, -0.2) is 36.5 Å². The number of hydrogen-bond donors (Lipinski definition) is 1. The van der Waals surface area contributed by atoms with Gasteiger partial charge in [-0.05, 0) is 45.9 Å². The highest BCUT2D eigenvalue weighted by molar-refractivity contribution is 5.97. The Hall–Kier alpha value is -1.55. The average Bonchev–Trinajstić information content (AvgIpc) is 2.39. The van der Waals surface area contributed by atoms with Gasteiger partial charge in [-0.25, -0.2) is 0 Å². The van der Waals surface area contributed by atoms with Gasteiger partial charge in [0.25, 0.3) is 5.91 Å². The normalized spacial score (nSPS) is 10.6. The number of ether oxygens (including phenoxy) is 1. The molecule has 1 amide bonds. The van der Waals surface area contributed by atoms with Crippen molar-refractivity contribution in [1.82, 2.24) is 4.90 Å². The Morgan fingerprint density at radius 1 is 1.37 bits per heavy atom. The van der Waals surface area contributed by atoms with Crippen molar-refractivity contribution >= 4 is 5.91 Å². The standard InChI is InChI=1S/C15H24N2O2/c1-4-19-14-9-6-5-8-13(14)15(18)17(12(2)3)11-7-10-16/h5-6,8-9,12H,4,7,10-11,16H2,1-3H3. The summed E-state index contributed by atoms with van der Waals surface area (Å²) in [7, 11) is 0. The molecule has 0 atom stereocenters. The summed E-state index contributed by atoms with van der Waals surface area (Å²) in [5.74, 6) is 0.654. The molecule has 19 heavy (non-hydrogen) atoms. The molecule has 0 aliphatic rings. The molecule has 0 heterocycles. The Labute approximate surface area is 115 Å². The fraction of sp³-hybridized carbons (Fsp3) is 0.533. The first-order valence-corrected chi connectivity index (χ1v) is 6.84. The monoisotopic (exact) mass is 264 g/mol. The predicted molar refractivity (Wildman–Crippen MR) is 77.5 cm³/mol. The number of carbonyl (C=O) groups is 1. The second-order valence-electron chi connectivity index (χ2n) is 4.66. The van der Waals surface area contributed by atoms with Crippen molar-refractivity contribution < 1.29 is 9.53 Å². The third-order valence-electron chi connectivity index (χ3n) is 2.90. The average molecular weight is 264 g/mol. The zero-order valence-corrected chi connectivity index (χ0v) is 12.1. The van der Waals surface area contributed by atoms with Crippen LogP contribution in [0.4, 0.5) is 0 Å². The van der Waals surface area contributed by atoms with Gasteiger partial charge in [0.15, 0.2) is 0 Å². The number of rotatable bonds is 7. The molecule has 1 aromatic carbocycles. The lowest BCUT2D eigenvalue weighted by molar-refractivity contribution is 0.0700. The third-order valence-corrected chi connectivity index (χ3v) is 2.90. The fourth-order valence-electron chi connectivity index (χ4n) is 1.94. The first-order valence-electron chi connectivity index (χ1n) is 6.84. The minimum absolute atomic E-state index is 0.00694. The van der Waals surface area contributed by atoms with Crippen LogP contribution in [0.15, 0.2) is 24.3 Å². The number of benzene rings is 1. The van der Waals surface area contributed by atoms with Crippen LogP contribution < -0.4 is 10.5 Å². The smallest absolute Gasteiger partial charge is 0.257 e. The Morgan fingerprint density at radius 2 is 2.05 bits per heavy atom. The van der Waals surface area contributed by atoms with Crippen molar-refractivity contribution in [2.75, 3.05) is 19.7 Å². The molecule has 106 valence electrons. The minimum Gasteiger partial charge on any atom is -0.493 e. The Bertz CT molecular complexity index is 405. The van der Waals surface area contributed by atoms with E-state index in [1.807, 2.05) is 49.9 Å². The first-order chi connectivity index (χ1) is 9.11. The highest BCUT2D eigenvalue weighted by Gasteiger charge is 2.21. The summed E-state index contributed by atoms with van der Waals surface area (Å²) >= 11 is 0. The predicted octanol–water partition coefficient (Wildman–Crippen LogP) is 2.28. The molecule has 0 aromatic heterocycles. The molecule has 0 radical (unpaired) electrons. The lowest BCUT2D eigenvalue weighted by Crippen LogP contribution is -2.38. The van der Waals surface area contributed by atoms with Gasteiger partial charge in [-0.1, -0.05) is 12.1 Å². The maximum absolute atomic E-state index is 12.6. The lowest BCUT2D eigenvalue weighted by Gasteiger charge is -2.27. The molecule has 0 fully saturated rings. The van der Waals surface area contributed by atoms with Gasteiger partial charge in [0, 0.05) is 12.6 Å². The van der Waals surface area contributed by atoms with Crippen LogP contribution in [0, 0.1) is 0 Å². The third kappa shape index (κ3) is 4.24. The zero-order chi connectivity index (χ0) is 14.3. The molecule has 0 saturated carbocycles. The van der Waals surface area contributed by atoms with Crippen LogP contribution in [-0.2, 0) is 0 Å². The molecule has 0 bridgehead atoms. The Balaban J connectivity index is 2.95. The van der Waals surface area contributed by atoms with Crippen LogP contribution in [0.3, 0.4) is 0 Å². The van der Waals surface area contributed by atoms with Gasteiger partial charge in [-0.3, -0.25) is 4.79 Å². The van der Waals surface area contributed by atoms with E-state index >= 15 is 0 Å². The summed E-state index contributed by atoms with van der Waals surface area (Å²) in [5, 5.41) is 0. The molecule has 4 nitrogen and oxygen atoms in total. The van der Waals surface area contributed by atoms with E-state index in [-0.39, 0.29) is 11.9 Å². The van der Waals surface area contributed by atoms with Crippen molar-refractivity contribution in [2.45, 2.75) is 33.2 Å². The lowest BCUT2D eigenvalue weighted by atomic mass is 10.1. The van der Waals surface area contributed by atoms with E-state index in [1.54, 1.807) is 0 Å². The van der Waals surface area contributed by atoms with E-state index in [1.165, 1.54) is 0 Å². The molecular weight excluding hydrogens is 240 g/mol. The fourth-order valence-corrected chi connectivity index (χ4v) is 1.94. The summed E-state index contributed by atoms with van der Waals surface area (Å²) in [6.07, 6.45) is 0.806. The van der Waals surface area contributed by atoms with Crippen molar-refractivity contribution in [3.63, 3.8) is 0 Å². The minimum atomic E-state index is 0.00694. The quantitative estimate of drug-likeness (QED) is 0.822. The van der Waals surface area contributed by atoms with Crippen LogP contribution in [0.5, 0.6) is 5.75 Å². The van der Waals surface area contributed by atoms with Crippen LogP contribution in [0.2, 0.25) is 0 Å². The van der Waals surface area contributed by atoms with Gasteiger partial charge in [0.1, 0.15) is 5.75 Å². The molecular formula is C15H24N2O2. The molecule has 1 aromatic rings. The topological polar surface area (TPSA) is 55.6 Å². The van der Waals surface area contributed by atoms with Gasteiger partial charge in [0.05, 0.1) is 12.2 Å². The van der Waals surface area contributed by atoms with Crippen LogP contribution >= 0.6 is 0 Å². The number of carbonyl (C=O) groups excluding carboxylic acids is 1. The van der Waals surface area contributed by atoms with Crippen molar-refractivity contribution in [3.8, 4) is 5.75 Å². The van der Waals surface area contributed by atoms with Gasteiger partial charge in [-0.2, -0.15) is 0 Å². The summed E-state index contributed by atoms with van der Waals surface area (Å²) in [4.78, 5) is 14.4. The largest absolute Gasteiger partial charge is 0.493 e. The zero-order valence-electron chi connectivity index (χ0n) is 12.1. The molecule has 0 spiro atoms. The molecule has 4 heteroatoms. The van der Waals surface area contributed by atoms with E-state index in [4.69, 9.17) is 10.5 Å². The number of nitrogens with two attached hydrogens (primary N) is 1. The molecule has 2 N–H and O–H groups in total. The highest BCUT2D eigenvalue weighted by atomic mass is 16.5. The van der Waals surface area contributed by atoms with E-state index in [9.17, 15) is 4.79 Å². The van der Waals surface area contributed by atoms with E-state index in [0.717, 1.165) is 6.42 Å². The second kappa shape index (κ2) is 7.79. The number of para-hydroxylation sites is 1. The van der Waals surface area contributed by atoms with Crippen molar-refractivity contribution in [3.05, 3.63) is 29.8 Å². The van der Waals surface area contributed by atoms with Gasteiger partial charge in [0.2, 0.25) is 0 Å². The maximum atomic E-state index is 12.6. The van der Waals surface area contributed by atoms with E-state index < -0.39 is 0 Å². The first kappa shape index (κ1) is 15.5. The van der Waals surface area contributed by atoms with Gasteiger partial charge < -0.3 is 15.4 Å². The summed E-state index contributed by atoms with van der Waals surface area (Å²) in [5.41, 5.74) is 6.15.